The van der Waals surface area contributed by atoms with Gasteiger partial charge in [0.05, 0.1) is 25.1 Å². The Balaban J connectivity index is 1.70. The van der Waals surface area contributed by atoms with Crippen LogP contribution in [0.15, 0.2) is 10.8 Å². The van der Waals surface area contributed by atoms with E-state index in [9.17, 15) is 0 Å². The lowest BCUT2D eigenvalue weighted by Gasteiger charge is -2.35. The van der Waals surface area contributed by atoms with Crippen LogP contribution in [0.3, 0.4) is 0 Å². The van der Waals surface area contributed by atoms with E-state index in [1.165, 1.54) is 0 Å². The molecular weight excluding hydrogens is 298 g/mol. The van der Waals surface area contributed by atoms with Crippen molar-refractivity contribution in [2.24, 2.45) is 0 Å². The van der Waals surface area contributed by atoms with Gasteiger partial charge in [-0.3, -0.25) is 0 Å². The predicted molar refractivity (Wildman–Crippen MR) is 70.0 cm³/mol. The highest BCUT2D eigenvalue weighted by Gasteiger charge is 2.40. The Morgan fingerprint density at radius 2 is 1.94 bits per heavy atom. The molecule has 0 unspecified atom stereocenters. The molecule has 2 fully saturated rings. The van der Waals surface area contributed by atoms with Gasteiger partial charge in [-0.15, -0.1) is 0 Å². The number of halogens is 1. The molecule has 1 aromatic rings. The average molecular weight is 314 g/mol. The third-order valence-electron chi connectivity index (χ3n) is 3.75. The van der Waals surface area contributed by atoms with Crippen molar-refractivity contribution in [1.82, 2.24) is 9.97 Å². The first kappa shape index (κ1) is 12.3. The zero-order valence-electron chi connectivity index (χ0n) is 10.1. The highest BCUT2D eigenvalue weighted by Crippen LogP contribution is 2.41. The Morgan fingerprint density at radius 3 is 2.56 bits per heavy atom. The van der Waals surface area contributed by atoms with Gasteiger partial charge in [-0.1, -0.05) is 0 Å². The molecule has 1 saturated heterocycles. The monoisotopic (exact) mass is 313 g/mol. The first-order valence-corrected chi connectivity index (χ1v) is 7.04. The first-order valence-electron chi connectivity index (χ1n) is 6.24. The van der Waals surface area contributed by atoms with E-state index in [2.05, 4.69) is 25.9 Å². The van der Waals surface area contributed by atoms with Crippen molar-refractivity contribution >= 4 is 21.7 Å². The third-order valence-corrected chi connectivity index (χ3v) is 4.34. The van der Waals surface area contributed by atoms with Crippen molar-refractivity contribution in [3.63, 3.8) is 0 Å². The number of hydrogen-bond acceptors (Lipinski definition) is 5. The molecule has 1 aliphatic heterocycles. The summed E-state index contributed by atoms with van der Waals surface area (Å²) in [7, 11) is 0. The minimum atomic E-state index is -0.311. The van der Waals surface area contributed by atoms with Crippen LogP contribution < -0.4 is 5.73 Å². The van der Waals surface area contributed by atoms with Crippen LogP contribution in [0.25, 0.3) is 0 Å². The van der Waals surface area contributed by atoms with Crippen molar-refractivity contribution < 1.29 is 9.47 Å². The van der Waals surface area contributed by atoms with E-state index < -0.39 is 0 Å². The van der Waals surface area contributed by atoms with Gasteiger partial charge in [-0.25, -0.2) is 9.97 Å². The maximum absolute atomic E-state index is 5.72. The van der Waals surface area contributed by atoms with Crippen molar-refractivity contribution in [1.29, 1.82) is 0 Å². The standard InChI is InChI=1S/C12H16BrN3O2/c13-10-11(14)15-7-9(16-10)8-1-3-12(4-2-8)17-5-6-18-12/h7-8H,1-6H2,(H2,14,15). The lowest BCUT2D eigenvalue weighted by molar-refractivity contribution is -0.178. The zero-order valence-corrected chi connectivity index (χ0v) is 11.6. The van der Waals surface area contributed by atoms with E-state index in [-0.39, 0.29) is 5.79 Å². The molecule has 0 atom stereocenters. The lowest BCUT2D eigenvalue weighted by Crippen LogP contribution is -2.34. The minimum Gasteiger partial charge on any atom is -0.381 e. The Kier molecular flexibility index (Phi) is 3.25. The Labute approximate surface area is 114 Å². The summed E-state index contributed by atoms with van der Waals surface area (Å²) in [5, 5.41) is 0. The molecule has 98 valence electrons. The van der Waals surface area contributed by atoms with Crippen LogP contribution in [-0.2, 0) is 9.47 Å². The molecule has 0 amide bonds. The smallest absolute Gasteiger partial charge is 0.168 e. The molecule has 0 bridgehead atoms. The molecule has 1 saturated carbocycles. The summed E-state index contributed by atoms with van der Waals surface area (Å²) in [6.07, 6.45) is 5.68. The normalized spacial score (nSPS) is 23.6. The molecular formula is C12H16BrN3O2. The number of nitrogens with two attached hydrogens (primary N) is 1. The molecule has 1 aromatic heterocycles. The first-order chi connectivity index (χ1) is 8.69. The van der Waals surface area contributed by atoms with Crippen LogP contribution in [-0.4, -0.2) is 29.0 Å². The maximum Gasteiger partial charge on any atom is 0.168 e. The quantitative estimate of drug-likeness (QED) is 0.861. The number of hydrogen-bond donors (Lipinski definition) is 1. The highest BCUT2D eigenvalue weighted by atomic mass is 79.9. The van der Waals surface area contributed by atoms with Gasteiger partial charge in [0.15, 0.2) is 11.6 Å². The Hall–Kier alpha value is -0.720. The van der Waals surface area contributed by atoms with E-state index in [4.69, 9.17) is 15.2 Å². The third kappa shape index (κ3) is 2.24. The predicted octanol–water partition coefficient (Wildman–Crippen LogP) is 2.22. The lowest BCUT2D eigenvalue weighted by atomic mass is 9.83. The molecule has 2 N–H and O–H groups in total. The van der Waals surface area contributed by atoms with E-state index in [0.717, 1.165) is 44.6 Å². The van der Waals surface area contributed by atoms with Gasteiger partial charge in [-0.2, -0.15) is 0 Å². The topological polar surface area (TPSA) is 70.3 Å². The summed E-state index contributed by atoms with van der Waals surface area (Å²) < 4.78 is 12.1. The molecule has 1 spiro atoms. The Bertz CT molecular complexity index is 439. The summed E-state index contributed by atoms with van der Waals surface area (Å²) >= 11 is 3.32. The summed E-state index contributed by atoms with van der Waals surface area (Å²) in [6.45, 7) is 1.44. The van der Waals surface area contributed by atoms with E-state index in [1.54, 1.807) is 6.20 Å². The fourth-order valence-electron chi connectivity index (χ4n) is 2.72. The van der Waals surface area contributed by atoms with Gasteiger partial charge in [0.1, 0.15) is 4.60 Å². The van der Waals surface area contributed by atoms with Gasteiger partial charge in [0, 0.05) is 18.8 Å². The molecule has 1 aliphatic carbocycles. The van der Waals surface area contributed by atoms with E-state index in [1.807, 2.05) is 0 Å². The van der Waals surface area contributed by atoms with E-state index >= 15 is 0 Å². The SMILES string of the molecule is Nc1ncc(C2CCC3(CC2)OCCO3)nc1Br. The van der Waals surface area contributed by atoms with Crippen LogP contribution in [0.5, 0.6) is 0 Å². The van der Waals surface area contributed by atoms with Gasteiger partial charge in [0.2, 0.25) is 0 Å². The van der Waals surface area contributed by atoms with Crippen molar-refractivity contribution in [3.8, 4) is 0 Å². The summed E-state index contributed by atoms with van der Waals surface area (Å²) in [5.41, 5.74) is 6.66. The second kappa shape index (κ2) is 4.75. The van der Waals surface area contributed by atoms with Gasteiger partial charge >= 0.3 is 0 Å². The van der Waals surface area contributed by atoms with Crippen LogP contribution >= 0.6 is 15.9 Å². The highest BCUT2D eigenvalue weighted by molar-refractivity contribution is 9.10. The summed E-state index contributed by atoms with van der Waals surface area (Å²) in [6, 6.07) is 0. The second-order valence-corrected chi connectivity index (χ2v) is 5.60. The molecule has 0 radical (unpaired) electrons. The Morgan fingerprint density at radius 1 is 1.28 bits per heavy atom. The fourth-order valence-corrected chi connectivity index (χ4v) is 3.03. The largest absolute Gasteiger partial charge is 0.381 e. The molecule has 2 aliphatic rings. The molecule has 0 aromatic carbocycles. The zero-order chi connectivity index (χ0) is 12.6. The van der Waals surface area contributed by atoms with Crippen LogP contribution in [0.2, 0.25) is 0 Å². The summed E-state index contributed by atoms with van der Waals surface area (Å²) in [4.78, 5) is 8.61. The van der Waals surface area contributed by atoms with Crippen molar-refractivity contribution in [2.45, 2.75) is 37.4 Å². The number of ether oxygens (including phenoxy) is 2. The number of nitrogen functional groups attached to an aromatic ring is 1. The molecule has 3 rings (SSSR count). The molecule has 2 heterocycles. The fraction of sp³-hybridized carbons (Fsp3) is 0.667. The van der Waals surface area contributed by atoms with Gasteiger partial charge in [0.25, 0.3) is 0 Å². The van der Waals surface area contributed by atoms with Crippen LogP contribution in [0.4, 0.5) is 5.82 Å². The number of anilines is 1. The average Bonchev–Trinajstić information content (AvgIpc) is 2.82. The summed E-state index contributed by atoms with van der Waals surface area (Å²) in [5.74, 6) is 0.552. The van der Waals surface area contributed by atoms with E-state index in [0.29, 0.717) is 16.3 Å². The van der Waals surface area contributed by atoms with Crippen molar-refractivity contribution in [2.75, 3.05) is 18.9 Å². The number of rotatable bonds is 1. The number of aromatic nitrogens is 2. The van der Waals surface area contributed by atoms with Gasteiger partial charge in [-0.05, 0) is 28.8 Å². The minimum absolute atomic E-state index is 0.311. The maximum atomic E-state index is 5.72. The molecule has 18 heavy (non-hydrogen) atoms. The molecule has 5 nitrogen and oxygen atoms in total. The van der Waals surface area contributed by atoms with Crippen LogP contribution in [0.1, 0.15) is 37.3 Å². The molecule has 6 heteroatoms. The van der Waals surface area contributed by atoms with Gasteiger partial charge < -0.3 is 15.2 Å². The number of nitrogens with zero attached hydrogens (tertiary/aromatic N) is 2. The van der Waals surface area contributed by atoms with Crippen LogP contribution in [0, 0.1) is 0 Å². The van der Waals surface area contributed by atoms with Crippen molar-refractivity contribution in [3.05, 3.63) is 16.5 Å². The second-order valence-electron chi connectivity index (χ2n) is 4.85.